The van der Waals surface area contributed by atoms with Crippen molar-refractivity contribution in [2.45, 2.75) is 26.8 Å². The first-order valence-electron chi connectivity index (χ1n) is 6.32. The molecule has 1 aromatic carbocycles. The predicted molar refractivity (Wildman–Crippen MR) is 80.7 cm³/mol. The zero-order valence-corrected chi connectivity index (χ0v) is 12.0. The van der Waals surface area contributed by atoms with Crippen molar-refractivity contribution in [1.29, 1.82) is 0 Å². The summed E-state index contributed by atoms with van der Waals surface area (Å²) in [5, 5.41) is 3.39. The van der Waals surface area contributed by atoms with Gasteiger partial charge in [-0.2, -0.15) is 0 Å². The van der Waals surface area contributed by atoms with Crippen LogP contribution in [0.15, 0.2) is 30.3 Å². The minimum absolute atomic E-state index is 0.388. The molecular weight excluding hydrogens is 256 g/mol. The van der Waals surface area contributed by atoms with Gasteiger partial charge in [0, 0.05) is 27.5 Å². The smallest absolute Gasteiger partial charge is 0.248 e. The molecule has 0 aliphatic rings. The van der Waals surface area contributed by atoms with Gasteiger partial charge < -0.3 is 11.1 Å². The highest BCUT2D eigenvalue weighted by Gasteiger charge is 2.04. The molecule has 1 heterocycles. The molecule has 0 bridgehead atoms. The number of hydrogen-bond donors (Lipinski definition) is 2. The third-order valence-corrected chi connectivity index (χ3v) is 4.26. The second-order valence-corrected chi connectivity index (χ2v) is 5.72. The van der Waals surface area contributed by atoms with Crippen molar-refractivity contribution in [2.75, 3.05) is 5.32 Å². The van der Waals surface area contributed by atoms with Crippen molar-refractivity contribution < 1.29 is 4.79 Å². The molecule has 0 saturated carbocycles. The molecule has 1 amide bonds. The summed E-state index contributed by atoms with van der Waals surface area (Å²) >= 11 is 1.83. The first-order chi connectivity index (χ1) is 9.10. The van der Waals surface area contributed by atoms with Crippen LogP contribution < -0.4 is 11.1 Å². The zero-order valence-electron chi connectivity index (χ0n) is 11.2. The summed E-state index contributed by atoms with van der Waals surface area (Å²) in [6.45, 7) is 4.94. The Bertz CT molecular complexity index is 590. The topological polar surface area (TPSA) is 55.1 Å². The van der Waals surface area contributed by atoms with Crippen LogP contribution in [0.1, 0.15) is 32.6 Å². The van der Waals surface area contributed by atoms with Gasteiger partial charge >= 0.3 is 0 Å². The summed E-state index contributed by atoms with van der Waals surface area (Å²) in [6.07, 6.45) is 1.08. The fraction of sp³-hybridized carbons (Fsp3) is 0.267. The van der Waals surface area contributed by atoms with E-state index in [1.54, 1.807) is 6.07 Å². The highest BCUT2D eigenvalue weighted by molar-refractivity contribution is 7.12. The van der Waals surface area contributed by atoms with E-state index >= 15 is 0 Å². The van der Waals surface area contributed by atoms with Crippen LogP contribution in [0.4, 0.5) is 5.69 Å². The van der Waals surface area contributed by atoms with E-state index in [-0.39, 0.29) is 5.91 Å². The molecule has 0 saturated heterocycles. The molecular formula is C15H18N2OS. The quantitative estimate of drug-likeness (QED) is 0.878. The van der Waals surface area contributed by atoms with Gasteiger partial charge in [0.25, 0.3) is 0 Å². The van der Waals surface area contributed by atoms with Crippen molar-refractivity contribution in [2.24, 2.45) is 5.73 Å². The van der Waals surface area contributed by atoms with E-state index < -0.39 is 0 Å². The van der Waals surface area contributed by atoms with Crippen LogP contribution in [0.2, 0.25) is 0 Å². The second-order valence-electron chi connectivity index (χ2n) is 4.47. The SMILES string of the molecule is CCc1ccc(CNc2ccc(C(N)=O)cc2C)s1. The summed E-state index contributed by atoms with van der Waals surface area (Å²) in [4.78, 5) is 13.8. The van der Waals surface area contributed by atoms with Crippen molar-refractivity contribution in [3.8, 4) is 0 Å². The van der Waals surface area contributed by atoms with Crippen LogP contribution in [0.3, 0.4) is 0 Å². The lowest BCUT2D eigenvalue weighted by Crippen LogP contribution is -2.11. The van der Waals surface area contributed by atoms with Gasteiger partial charge in [-0.25, -0.2) is 0 Å². The lowest BCUT2D eigenvalue weighted by Gasteiger charge is -2.09. The van der Waals surface area contributed by atoms with E-state index in [4.69, 9.17) is 5.73 Å². The largest absolute Gasteiger partial charge is 0.380 e. The Hall–Kier alpha value is -1.81. The van der Waals surface area contributed by atoms with Gasteiger partial charge in [0.05, 0.1) is 0 Å². The monoisotopic (exact) mass is 274 g/mol. The highest BCUT2D eigenvalue weighted by Crippen LogP contribution is 2.21. The lowest BCUT2D eigenvalue weighted by molar-refractivity contribution is 0.1000. The second kappa shape index (κ2) is 5.89. The number of rotatable bonds is 5. The van der Waals surface area contributed by atoms with Gasteiger partial charge in [-0.15, -0.1) is 11.3 Å². The van der Waals surface area contributed by atoms with E-state index in [2.05, 4.69) is 24.4 Å². The number of aryl methyl sites for hydroxylation is 2. The van der Waals surface area contributed by atoms with Crippen LogP contribution in [0.25, 0.3) is 0 Å². The van der Waals surface area contributed by atoms with Crippen molar-refractivity contribution in [3.05, 3.63) is 51.2 Å². The summed E-state index contributed by atoms with van der Waals surface area (Å²) in [5.74, 6) is -0.388. The van der Waals surface area contributed by atoms with Gasteiger partial charge in [0.2, 0.25) is 5.91 Å². The standard InChI is InChI=1S/C15H18N2OS/c1-3-12-5-6-13(19-12)9-17-14-7-4-11(15(16)18)8-10(14)2/h4-8,17H,3,9H2,1-2H3,(H2,16,18). The fourth-order valence-corrected chi connectivity index (χ4v) is 2.80. The van der Waals surface area contributed by atoms with Crippen molar-refractivity contribution in [3.63, 3.8) is 0 Å². The average molecular weight is 274 g/mol. The van der Waals surface area contributed by atoms with Gasteiger partial charge in [-0.1, -0.05) is 6.92 Å². The van der Waals surface area contributed by atoms with E-state index in [1.807, 2.05) is 30.4 Å². The van der Waals surface area contributed by atoms with Gasteiger partial charge in [-0.05, 0) is 49.2 Å². The maximum Gasteiger partial charge on any atom is 0.248 e. The number of nitrogens with one attached hydrogen (secondary N) is 1. The number of thiophene rings is 1. The van der Waals surface area contributed by atoms with Gasteiger partial charge in [0.1, 0.15) is 0 Å². The average Bonchev–Trinajstić information content (AvgIpc) is 2.85. The van der Waals surface area contributed by atoms with Crippen molar-refractivity contribution >= 4 is 22.9 Å². The van der Waals surface area contributed by atoms with Gasteiger partial charge in [-0.3, -0.25) is 4.79 Å². The molecule has 0 aliphatic carbocycles. The summed E-state index contributed by atoms with van der Waals surface area (Å²) < 4.78 is 0. The Balaban J connectivity index is 2.05. The van der Waals surface area contributed by atoms with Crippen molar-refractivity contribution in [1.82, 2.24) is 0 Å². The number of nitrogens with two attached hydrogens (primary N) is 1. The zero-order chi connectivity index (χ0) is 13.8. The van der Waals surface area contributed by atoms with E-state index in [1.165, 1.54) is 9.75 Å². The number of carbonyl (C=O) groups excluding carboxylic acids is 1. The molecule has 0 atom stereocenters. The molecule has 3 N–H and O–H groups in total. The molecule has 4 heteroatoms. The van der Waals surface area contributed by atoms with Gasteiger partial charge in [0.15, 0.2) is 0 Å². The molecule has 0 spiro atoms. The Morgan fingerprint density at radius 1 is 1.26 bits per heavy atom. The molecule has 2 aromatic rings. The minimum atomic E-state index is -0.388. The summed E-state index contributed by atoms with van der Waals surface area (Å²) in [7, 11) is 0. The summed E-state index contributed by atoms with van der Waals surface area (Å²) in [6, 6.07) is 9.80. The molecule has 19 heavy (non-hydrogen) atoms. The molecule has 100 valence electrons. The number of carbonyl (C=O) groups is 1. The Morgan fingerprint density at radius 3 is 2.58 bits per heavy atom. The fourth-order valence-electron chi connectivity index (χ4n) is 1.90. The van der Waals surface area contributed by atoms with Crippen LogP contribution in [-0.2, 0) is 13.0 Å². The third-order valence-electron chi connectivity index (χ3n) is 3.03. The Morgan fingerprint density at radius 2 is 2.00 bits per heavy atom. The van der Waals surface area contributed by atoms with Crippen LogP contribution in [0, 0.1) is 6.92 Å². The lowest BCUT2D eigenvalue weighted by atomic mass is 10.1. The van der Waals surface area contributed by atoms with E-state index in [0.717, 1.165) is 24.2 Å². The normalized spacial score (nSPS) is 10.4. The summed E-state index contributed by atoms with van der Waals surface area (Å²) in [5.41, 5.74) is 7.88. The molecule has 0 fully saturated rings. The first kappa shape index (κ1) is 13.6. The maximum atomic E-state index is 11.1. The molecule has 0 unspecified atom stereocenters. The Kier molecular flexibility index (Phi) is 4.22. The number of anilines is 1. The highest BCUT2D eigenvalue weighted by atomic mass is 32.1. The number of primary amides is 1. The Labute approximate surface area is 117 Å². The third kappa shape index (κ3) is 3.35. The predicted octanol–water partition coefficient (Wildman–Crippen LogP) is 3.33. The molecule has 1 aromatic heterocycles. The van der Waals surface area contributed by atoms with Crippen LogP contribution >= 0.6 is 11.3 Å². The molecule has 2 rings (SSSR count). The number of hydrogen-bond acceptors (Lipinski definition) is 3. The first-order valence-corrected chi connectivity index (χ1v) is 7.13. The molecule has 0 aliphatic heterocycles. The number of amides is 1. The van der Waals surface area contributed by atoms with E-state index in [9.17, 15) is 4.79 Å². The van der Waals surface area contributed by atoms with Crippen LogP contribution in [-0.4, -0.2) is 5.91 Å². The van der Waals surface area contributed by atoms with Crippen LogP contribution in [0.5, 0.6) is 0 Å². The molecule has 0 radical (unpaired) electrons. The number of benzene rings is 1. The van der Waals surface area contributed by atoms with E-state index in [0.29, 0.717) is 5.56 Å². The molecule has 3 nitrogen and oxygen atoms in total. The minimum Gasteiger partial charge on any atom is -0.380 e. The maximum absolute atomic E-state index is 11.1.